The van der Waals surface area contributed by atoms with Crippen molar-refractivity contribution in [1.82, 2.24) is 20.2 Å². The molecule has 3 heterocycles. The van der Waals surface area contributed by atoms with Crippen LogP contribution >= 0.6 is 11.6 Å². The van der Waals surface area contributed by atoms with Gasteiger partial charge in [-0.1, -0.05) is 37.6 Å². The maximum Gasteiger partial charge on any atom is 0.332 e. The number of nitrogens with one attached hydrogen (secondary N) is 2. The van der Waals surface area contributed by atoms with Gasteiger partial charge in [0, 0.05) is 29.6 Å². The van der Waals surface area contributed by atoms with Crippen LogP contribution in [0, 0.1) is 0 Å². The summed E-state index contributed by atoms with van der Waals surface area (Å²) in [7, 11) is 0. The second-order valence-electron chi connectivity index (χ2n) is 9.79. The largest absolute Gasteiger partial charge is 0.343 e. The number of halogens is 1. The zero-order valence-corrected chi connectivity index (χ0v) is 22.0. The van der Waals surface area contributed by atoms with Gasteiger partial charge in [0.25, 0.3) is 0 Å². The predicted molar refractivity (Wildman–Crippen MR) is 134 cm³/mol. The Morgan fingerprint density at radius 2 is 1.55 bits per heavy atom. The molecule has 1 unspecified atom stereocenters. The van der Waals surface area contributed by atoms with Gasteiger partial charge < -0.3 is 51.5 Å². The van der Waals surface area contributed by atoms with E-state index in [1.54, 1.807) is 13.8 Å². The average molecular weight is 585 g/mol. The summed E-state index contributed by atoms with van der Waals surface area (Å²) in [5.74, 6) is -21.7. The van der Waals surface area contributed by atoms with Gasteiger partial charge in [-0.3, -0.25) is 9.59 Å². The van der Waals surface area contributed by atoms with Gasteiger partial charge in [-0.15, -0.1) is 0 Å². The smallest absolute Gasteiger partial charge is 0.332 e. The number of amides is 2. The first-order valence-electron chi connectivity index (χ1n) is 12.0. The van der Waals surface area contributed by atoms with Crippen molar-refractivity contribution in [3.63, 3.8) is 0 Å². The van der Waals surface area contributed by atoms with E-state index in [1.807, 2.05) is 0 Å². The van der Waals surface area contributed by atoms with Gasteiger partial charge in [0.2, 0.25) is 11.8 Å². The fourth-order valence-electron chi connectivity index (χ4n) is 4.56. The van der Waals surface area contributed by atoms with Crippen LogP contribution in [0.1, 0.15) is 37.3 Å². The van der Waals surface area contributed by atoms with Crippen molar-refractivity contribution >= 4 is 35.1 Å². The molecule has 0 spiro atoms. The molecule has 0 bridgehead atoms. The predicted octanol–water partition coefficient (Wildman–Crippen LogP) is -3.00. The van der Waals surface area contributed by atoms with Gasteiger partial charge in [-0.25, -0.2) is 19.8 Å². The molecule has 16 nitrogen and oxygen atoms in total. The Morgan fingerprint density at radius 3 is 2.10 bits per heavy atom. The lowest BCUT2D eigenvalue weighted by Crippen LogP contribution is -2.91. The Labute approximate surface area is 231 Å². The zero-order chi connectivity index (χ0) is 29.8. The van der Waals surface area contributed by atoms with E-state index in [1.165, 1.54) is 24.3 Å². The molecule has 1 aromatic carbocycles. The number of carbonyl (C=O) groups excluding carboxylic acids is 2. The van der Waals surface area contributed by atoms with Crippen molar-refractivity contribution in [1.29, 1.82) is 0 Å². The molecular formula is C23H29ClN6O10. The number of fused-ring (bicyclic) bond motifs is 1. The average Bonchev–Trinajstić information content (AvgIpc) is 2.83. The molecule has 10 N–H and O–H groups in total. The molecule has 1 aromatic heterocycles. The maximum atomic E-state index is 13.8. The van der Waals surface area contributed by atoms with Crippen molar-refractivity contribution in [2.45, 2.75) is 62.3 Å². The molecular weight excluding hydrogens is 556 g/mol. The van der Waals surface area contributed by atoms with Crippen LogP contribution in [0.5, 0.6) is 0 Å². The number of rotatable bonds is 6. The van der Waals surface area contributed by atoms with Crippen molar-refractivity contribution in [2.75, 3.05) is 16.8 Å². The number of nitrogens with zero attached hydrogens (tertiary/aromatic N) is 4. The number of hydrogen-bond donors (Lipinski definition) is 10. The van der Waals surface area contributed by atoms with E-state index in [-0.39, 0.29) is 47.4 Å². The molecule has 2 aliphatic rings. The summed E-state index contributed by atoms with van der Waals surface area (Å²) in [6.45, 7) is 3.21. The van der Waals surface area contributed by atoms with Crippen LogP contribution < -0.4 is 15.5 Å². The third-order valence-corrected chi connectivity index (χ3v) is 6.91. The standard InChI is InChI=1S/C23H29ClN6O10/c1-11(2)25-9-15(12-3-5-13(24)6-4-12)19(32)30-22(37,38)20(33,34)29(21(35,36)23(30,39)40)18-14-7-8-16(31)28-17(14)26-10-27-18/h3-6,10-11,15,25,33-40H,7-9H2,1-2H3,(H,26,27,28,31). The van der Waals surface area contributed by atoms with Gasteiger partial charge in [0.05, 0.1) is 5.92 Å². The van der Waals surface area contributed by atoms with Gasteiger partial charge in [-0.2, -0.15) is 0 Å². The summed E-state index contributed by atoms with van der Waals surface area (Å²) in [5, 5.41) is 93.7. The Kier molecular flexibility index (Phi) is 7.57. The van der Waals surface area contributed by atoms with Crippen molar-refractivity contribution in [2.24, 2.45) is 0 Å². The first-order chi connectivity index (χ1) is 18.4. The molecule has 0 radical (unpaired) electrons. The van der Waals surface area contributed by atoms with E-state index >= 15 is 0 Å². The maximum absolute atomic E-state index is 13.8. The summed E-state index contributed by atoms with van der Waals surface area (Å²) >= 11 is 5.93. The van der Waals surface area contributed by atoms with E-state index < -0.39 is 57.0 Å². The Hall–Kier alpha value is -3.03. The Balaban J connectivity index is 1.86. The number of piperazine rings is 1. The third kappa shape index (κ3) is 4.67. The molecule has 0 saturated carbocycles. The quantitative estimate of drug-likeness (QED) is 0.152. The second-order valence-corrected chi connectivity index (χ2v) is 10.2. The van der Waals surface area contributed by atoms with Crippen LogP contribution in [0.25, 0.3) is 0 Å². The monoisotopic (exact) mass is 584 g/mol. The van der Waals surface area contributed by atoms with Crippen molar-refractivity contribution in [3.05, 3.63) is 46.7 Å². The van der Waals surface area contributed by atoms with E-state index in [4.69, 9.17) is 11.6 Å². The van der Waals surface area contributed by atoms with Gasteiger partial charge in [0.15, 0.2) is 0 Å². The summed E-state index contributed by atoms with van der Waals surface area (Å²) in [6.07, 6.45) is 0.373. The lowest BCUT2D eigenvalue weighted by molar-refractivity contribution is -0.536. The Bertz CT molecular complexity index is 1280. The van der Waals surface area contributed by atoms with Crippen LogP contribution in [-0.4, -0.2) is 104 Å². The van der Waals surface area contributed by atoms with Gasteiger partial charge in [-0.05, 0) is 24.1 Å². The molecule has 0 aliphatic carbocycles. The van der Waals surface area contributed by atoms with Crippen molar-refractivity contribution in [3.8, 4) is 0 Å². The molecule has 1 fully saturated rings. The molecule has 1 saturated heterocycles. The van der Waals surface area contributed by atoms with Crippen LogP contribution in [-0.2, 0) is 16.0 Å². The lowest BCUT2D eigenvalue weighted by atomic mass is 9.94. The highest BCUT2D eigenvalue weighted by molar-refractivity contribution is 6.30. The fourth-order valence-corrected chi connectivity index (χ4v) is 4.68. The minimum absolute atomic E-state index is 0.145. The number of hydrogen-bond acceptors (Lipinski definition) is 14. The highest BCUT2D eigenvalue weighted by Gasteiger charge is 2.79. The lowest BCUT2D eigenvalue weighted by Gasteiger charge is -2.61. The third-order valence-electron chi connectivity index (χ3n) is 6.66. The van der Waals surface area contributed by atoms with E-state index in [0.717, 1.165) is 6.33 Å². The van der Waals surface area contributed by atoms with Crippen LogP contribution in [0.3, 0.4) is 0 Å². The summed E-state index contributed by atoms with van der Waals surface area (Å²) in [4.78, 5) is 32.0. The summed E-state index contributed by atoms with van der Waals surface area (Å²) in [6, 6.07) is 5.36. The number of benzene rings is 1. The minimum Gasteiger partial charge on any atom is -0.343 e. The molecule has 2 aromatic rings. The van der Waals surface area contributed by atoms with E-state index in [2.05, 4.69) is 20.6 Å². The zero-order valence-electron chi connectivity index (χ0n) is 21.2. The normalized spacial score (nSPS) is 21.6. The van der Waals surface area contributed by atoms with Crippen molar-refractivity contribution < 1.29 is 50.4 Å². The highest BCUT2D eigenvalue weighted by Crippen LogP contribution is 2.48. The molecule has 2 amide bonds. The van der Waals surface area contributed by atoms with E-state index in [0.29, 0.717) is 0 Å². The van der Waals surface area contributed by atoms with Crippen LogP contribution in [0.15, 0.2) is 30.6 Å². The number of aromatic nitrogens is 2. The molecule has 1 atom stereocenters. The first-order valence-corrected chi connectivity index (χ1v) is 12.4. The second kappa shape index (κ2) is 10.1. The number of anilines is 2. The SMILES string of the molecule is CC(C)NCC(C(=O)N1C(O)(O)C(O)(O)N(c2ncnc3c2CCC(=O)N3)C(O)(O)C1(O)O)c1ccc(Cl)cc1. The van der Waals surface area contributed by atoms with Gasteiger partial charge in [0.1, 0.15) is 18.0 Å². The van der Waals surface area contributed by atoms with Gasteiger partial charge >= 0.3 is 23.6 Å². The number of carbonyl (C=O) groups is 2. The first kappa shape index (κ1) is 29.9. The fraction of sp³-hybridized carbons (Fsp3) is 0.478. The highest BCUT2D eigenvalue weighted by atomic mass is 35.5. The summed E-state index contributed by atoms with van der Waals surface area (Å²) in [5.41, 5.74) is 0.0220. The molecule has 218 valence electrons. The molecule has 17 heteroatoms. The molecule has 2 aliphatic heterocycles. The molecule has 40 heavy (non-hydrogen) atoms. The van der Waals surface area contributed by atoms with E-state index in [9.17, 15) is 50.4 Å². The molecule has 4 rings (SSSR count). The Morgan fingerprint density at radius 1 is 0.975 bits per heavy atom. The van der Waals surface area contributed by atoms with Crippen LogP contribution in [0.2, 0.25) is 5.02 Å². The minimum atomic E-state index is -4.33. The topological polar surface area (TPSA) is 252 Å². The van der Waals surface area contributed by atoms with Crippen LogP contribution in [0.4, 0.5) is 11.6 Å². The number of aliphatic hydroxyl groups is 8. The summed E-state index contributed by atoms with van der Waals surface area (Å²) < 4.78 is 0.